The first kappa shape index (κ1) is 19.5. The molecule has 1 aromatic carbocycles. The zero-order valence-corrected chi connectivity index (χ0v) is 15.9. The molecule has 1 amide bonds. The highest BCUT2D eigenvalue weighted by molar-refractivity contribution is 7.61. The number of piperidine rings is 1. The lowest BCUT2D eigenvalue weighted by atomic mass is 10.2. The molecule has 24 heavy (non-hydrogen) atoms. The van der Waals surface area contributed by atoms with Crippen LogP contribution in [0, 0.1) is 0 Å². The van der Waals surface area contributed by atoms with Gasteiger partial charge in [0.1, 0.15) is 9.93 Å². The normalized spacial score (nSPS) is 17.8. The van der Waals surface area contributed by atoms with Crippen molar-refractivity contribution < 1.29 is 13.9 Å². The highest BCUT2D eigenvalue weighted by atomic mass is 35.5. The van der Waals surface area contributed by atoms with Gasteiger partial charge in [-0.25, -0.2) is 4.67 Å². The van der Waals surface area contributed by atoms with E-state index >= 15 is 0 Å². The summed E-state index contributed by atoms with van der Waals surface area (Å²) in [6.45, 7) is 3.20. The first-order valence-corrected chi connectivity index (χ1v) is 10.2. The number of carbonyl (C=O) groups is 1. The quantitative estimate of drug-likeness (QED) is 0.712. The van der Waals surface area contributed by atoms with Crippen molar-refractivity contribution in [3.63, 3.8) is 0 Å². The Morgan fingerprint density at radius 2 is 1.83 bits per heavy atom. The number of rotatable bonds is 6. The van der Waals surface area contributed by atoms with Crippen molar-refractivity contribution in [1.82, 2.24) is 9.99 Å². The number of hydrogen-bond donors (Lipinski definition) is 1. The third kappa shape index (κ3) is 4.62. The Morgan fingerprint density at radius 3 is 2.38 bits per heavy atom. The number of nitrogens with zero attached hydrogens (tertiary/aromatic N) is 1. The Morgan fingerprint density at radius 1 is 1.21 bits per heavy atom. The van der Waals surface area contributed by atoms with E-state index in [0.717, 1.165) is 19.3 Å². The molecule has 0 aliphatic carbocycles. The molecular formula is C16H21Cl2N2O3P. The zero-order chi connectivity index (χ0) is 17.6. The molecule has 1 fully saturated rings. The molecule has 1 atom stereocenters. The summed E-state index contributed by atoms with van der Waals surface area (Å²) in [6.07, 6.45) is 2.90. The highest BCUT2D eigenvalue weighted by Gasteiger charge is 2.39. The zero-order valence-electron chi connectivity index (χ0n) is 13.5. The predicted octanol–water partition coefficient (Wildman–Crippen LogP) is 4.74. The number of nitrogens with one attached hydrogen (secondary N) is 1. The maximum atomic E-state index is 13.5. The fraction of sp³-hybridized carbons (Fsp3) is 0.438. The van der Waals surface area contributed by atoms with Crippen LogP contribution >= 0.6 is 30.7 Å². The van der Waals surface area contributed by atoms with E-state index in [1.807, 2.05) is 0 Å². The molecule has 0 radical (unpaired) electrons. The van der Waals surface area contributed by atoms with Gasteiger partial charge in [0.25, 0.3) is 5.91 Å². The molecule has 1 unspecified atom stereocenters. The van der Waals surface area contributed by atoms with Crippen LogP contribution < -0.4 is 5.32 Å². The van der Waals surface area contributed by atoms with Gasteiger partial charge < -0.3 is 9.84 Å². The maximum absolute atomic E-state index is 13.5. The van der Waals surface area contributed by atoms with E-state index in [-0.39, 0.29) is 16.5 Å². The van der Waals surface area contributed by atoms with Crippen molar-refractivity contribution >= 4 is 36.6 Å². The smallest absolute Gasteiger partial charge is 0.314 e. The summed E-state index contributed by atoms with van der Waals surface area (Å²) in [4.78, 5) is 12.4. The lowest BCUT2D eigenvalue weighted by Gasteiger charge is -2.34. The van der Waals surface area contributed by atoms with E-state index < -0.39 is 13.4 Å². The van der Waals surface area contributed by atoms with Gasteiger partial charge in [-0.2, -0.15) is 0 Å². The van der Waals surface area contributed by atoms with Crippen molar-refractivity contribution in [1.29, 1.82) is 0 Å². The van der Waals surface area contributed by atoms with Crippen LogP contribution in [0.15, 0.2) is 40.3 Å². The fourth-order valence-electron chi connectivity index (χ4n) is 2.60. The van der Waals surface area contributed by atoms with Gasteiger partial charge in [-0.3, -0.25) is 9.36 Å². The number of carbonyl (C=O) groups excluding carboxylic acids is 1. The van der Waals surface area contributed by atoms with E-state index in [1.165, 1.54) is 0 Å². The van der Waals surface area contributed by atoms with E-state index in [9.17, 15) is 9.36 Å². The van der Waals surface area contributed by atoms with Crippen LogP contribution in [0.2, 0.25) is 0 Å². The molecule has 2 rings (SSSR count). The first-order chi connectivity index (χ1) is 11.5. The van der Waals surface area contributed by atoms with E-state index in [0.29, 0.717) is 18.7 Å². The summed E-state index contributed by atoms with van der Waals surface area (Å²) >= 11 is 11.9. The van der Waals surface area contributed by atoms with Gasteiger partial charge in [-0.15, -0.1) is 0 Å². The van der Waals surface area contributed by atoms with Gasteiger partial charge in [-0.05, 0) is 31.9 Å². The Labute approximate surface area is 152 Å². The summed E-state index contributed by atoms with van der Waals surface area (Å²) in [5, 5.41) is 2.60. The molecular weight excluding hydrogens is 370 g/mol. The van der Waals surface area contributed by atoms with Crippen molar-refractivity contribution in [3.05, 3.63) is 45.8 Å². The molecule has 1 aliphatic heterocycles. The van der Waals surface area contributed by atoms with Crippen LogP contribution in [0.3, 0.4) is 0 Å². The third-order valence-corrected chi connectivity index (χ3v) is 7.03. The van der Waals surface area contributed by atoms with Gasteiger partial charge in [-0.1, -0.05) is 47.8 Å². The van der Waals surface area contributed by atoms with Crippen LogP contribution in [0.4, 0.5) is 0 Å². The largest absolute Gasteiger partial charge is 0.320 e. The van der Waals surface area contributed by atoms with Gasteiger partial charge in [0.05, 0.1) is 6.61 Å². The molecule has 1 saturated heterocycles. The van der Waals surface area contributed by atoms with Crippen molar-refractivity contribution in [2.45, 2.75) is 26.2 Å². The molecule has 8 heteroatoms. The minimum absolute atomic E-state index is 0.0524. The minimum atomic E-state index is -3.52. The van der Waals surface area contributed by atoms with Crippen LogP contribution in [0.25, 0.3) is 0 Å². The molecule has 0 aromatic heterocycles. The number of amides is 1. The van der Waals surface area contributed by atoms with Crippen LogP contribution in [-0.4, -0.2) is 30.3 Å². The molecule has 0 bridgehead atoms. The Bertz CT molecular complexity index is 642. The van der Waals surface area contributed by atoms with Crippen molar-refractivity contribution in [2.75, 3.05) is 19.7 Å². The lowest BCUT2D eigenvalue weighted by molar-refractivity contribution is 0.0966. The maximum Gasteiger partial charge on any atom is 0.320 e. The van der Waals surface area contributed by atoms with E-state index in [1.54, 1.807) is 41.9 Å². The molecule has 1 N–H and O–H groups in total. The van der Waals surface area contributed by atoms with Gasteiger partial charge in [0.15, 0.2) is 0 Å². The molecule has 1 heterocycles. The topological polar surface area (TPSA) is 58.6 Å². The van der Waals surface area contributed by atoms with Crippen molar-refractivity contribution in [3.8, 4) is 0 Å². The van der Waals surface area contributed by atoms with Crippen LogP contribution in [-0.2, 0) is 9.09 Å². The van der Waals surface area contributed by atoms with E-state index in [2.05, 4.69) is 5.32 Å². The summed E-state index contributed by atoms with van der Waals surface area (Å²) in [5.74, 6) is -0.429. The SMILES string of the molecule is CCOP(=O)(C(NC(=O)c1ccccc1)=C(Cl)Cl)N1CCCCC1. The van der Waals surface area contributed by atoms with Gasteiger partial charge in [0.2, 0.25) is 0 Å². The molecule has 1 aromatic rings. The Kier molecular flexibility index (Phi) is 7.33. The molecule has 0 spiro atoms. The second kappa shape index (κ2) is 9.02. The summed E-state index contributed by atoms with van der Waals surface area (Å²) in [7, 11) is -3.52. The van der Waals surface area contributed by atoms with Gasteiger partial charge in [0, 0.05) is 18.7 Å². The molecule has 5 nitrogen and oxygen atoms in total. The second-order valence-corrected chi connectivity index (χ2v) is 8.64. The average molecular weight is 391 g/mol. The second-order valence-electron chi connectivity index (χ2n) is 5.38. The summed E-state index contributed by atoms with van der Waals surface area (Å²) in [5.41, 5.74) is 0.370. The fourth-order valence-corrected chi connectivity index (χ4v) is 5.52. The lowest BCUT2D eigenvalue weighted by Crippen LogP contribution is -2.33. The summed E-state index contributed by atoms with van der Waals surface area (Å²) < 4.78 is 20.6. The predicted molar refractivity (Wildman–Crippen MR) is 97.3 cm³/mol. The van der Waals surface area contributed by atoms with Crippen LogP contribution in [0.1, 0.15) is 36.5 Å². The third-order valence-electron chi connectivity index (χ3n) is 3.74. The molecule has 0 saturated carbocycles. The summed E-state index contributed by atoms with van der Waals surface area (Å²) in [6, 6.07) is 8.60. The Balaban J connectivity index is 2.31. The highest BCUT2D eigenvalue weighted by Crippen LogP contribution is 2.59. The van der Waals surface area contributed by atoms with Gasteiger partial charge >= 0.3 is 7.52 Å². The number of hydrogen-bond acceptors (Lipinski definition) is 3. The van der Waals surface area contributed by atoms with Crippen LogP contribution in [0.5, 0.6) is 0 Å². The average Bonchev–Trinajstić information content (AvgIpc) is 2.60. The minimum Gasteiger partial charge on any atom is -0.314 e. The first-order valence-electron chi connectivity index (χ1n) is 7.91. The van der Waals surface area contributed by atoms with Crippen molar-refractivity contribution in [2.24, 2.45) is 0 Å². The molecule has 1 aliphatic rings. The standard InChI is InChI=1S/C16H21Cl2N2O3P/c1-2-23-24(22,20-11-7-4-8-12-20)16(14(17)18)19-15(21)13-9-5-3-6-10-13/h3,5-6,9-10H,2,4,7-8,11-12H2,1H3,(H,19,21). The monoisotopic (exact) mass is 390 g/mol. The number of halogens is 2. The van der Waals surface area contributed by atoms with E-state index in [4.69, 9.17) is 27.7 Å². The Hall–Kier alpha value is -0.840. The number of benzene rings is 1. The molecule has 132 valence electrons.